The Balaban J connectivity index is 2.62. The number of carbonyl (C=O) groups is 1. The van der Waals surface area contributed by atoms with Crippen LogP contribution in [0.5, 0.6) is 0 Å². The van der Waals surface area contributed by atoms with Gasteiger partial charge in [0.05, 0.1) is 0 Å². The van der Waals surface area contributed by atoms with E-state index in [1.54, 1.807) is 6.08 Å². The van der Waals surface area contributed by atoms with Gasteiger partial charge in [-0.2, -0.15) is 0 Å². The summed E-state index contributed by atoms with van der Waals surface area (Å²) in [6.45, 7) is 1.49. The molecule has 0 saturated heterocycles. The lowest BCUT2D eigenvalue weighted by molar-refractivity contribution is -0.109. The first-order chi connectivity index (χ1) is 8.00. The Bertz CT molecular complexity index is 423. The number of benzene rings is 1. The molecule has 0 heterocycles. The fourth-order valence-electron chi connectivity index (χ4n) is 1.18. The van der Waals surface area contributed by atoms with Gasteiger partial charge >= 0.3 is 0 Å². The number of rotatable bonds is 4. The molecule has 0 spiro atoms. The van der Waals surface area contributed by atoms with Gasteiger partial charge in [-0.1, -0.05) is 39.8 Å². The highest BCUT2D eigenvalue weighted by Crippen LogP contribution is 2.20. The fourth-order valence-corrected chi connectivity index (χ4v) is 2.13. The summed E-state index contributed by atoms with van der Waals surface area (Å²) in [4.78, 5) is 10.6. The number of hydrogen-bond acceptors (Lipinski definition) is 2. The molecule has 0 amide bonds. The van der Waals surface area contributed by atoms with Gasteiger partial charge in [0, 0.05) is 22.7 Å². The van der Waals surface area contributed by atoms with Crippen molar-refractivity contribution in [3.8, 4) is 0 Å². The molecule has 1 aromatic rings. The smallest absolute Gasteiger partial charge is 0.185 e. The molecule has 0 radical (unpaired) electrons. The lowest BCUT2D eigenvalue weighted by Gasteiger charge is -2.00. The summed E-state index contributed by atoms with van der Waals surface area (Å²) in [6.07, 6.45) is 3.66. The minimum absolute atomic E-state index is 0.0411. The lowest BCUT2D eigenvalue weighted by Crippen LogP contribution is -1.89. The molecule has 0 N–H and O–H groups in total. The van der Waals surface area contributed by atoms with Crippen molar-refractivity contribution in [3.05, 3.63) is 39.9 Å². The summed E-state index contributed by atoms with van der Waals surface area (Å²) in [5, 5.41) is 0.0411. The highest BCUT2D eigenvalue weighted by molar-refractivity contribution is 9.10. The molecule has 0 aromatic heterocycles. The van der Waals surface area contributed by atoms with Gasteiger partial charge in [0.15, 0.2) is 5.12 Å². The summed E-state index contributed by atoms with van der Waals surface area (Å²) >= 11 is 4.20. The van der Waals surface area contributed by atoms with E-state index in [0.717, 1.165) is 0 Å². The minimum Gasteiger partial charge on any atom is -0.288 e. The third kappa shape index (κ3) is 5.00. The SMILES string of the molecule is CC(=O)SCCC=Cc1c(F)cc(Br)cc1F. The zero-order valence-corrected chi connectivity index (χ0v) is 11.6. The number of thioether (sulfide) groups is 1. The van der Waals surface area contributed by atoms with Crippen molar-refractivity contribution in [1.82, 2.24) is 0 Å². The molecule has 17 heavy (non-hydrogen) atoms. The number of hydrogen-bond donors (Lipinski definition) is 0. The zero-order chi connectivity index (χ0) is 12.8. The molecule has 0 aliphatic carbocycles. The van der Waals surface area contributed by atoms with Crippen molar-refractivity contribution in [1.29, 1.82) is 0 Å². The molecule has 0 bridgehead atoms. The second-order valence-corrected chi connectivity index (χ2v) is 5.50. The maximum absolute atomic E-state index is 13.4. The molecular weight excluding hydrogens is 310 g/mol. The van der Waals surface area contributed by atoms with Gasteiger partial charge in [-0.3, -0.25) is 4.79 Å². The van der Waals surface area contributed by atoms with Crippen molar-refractivity contribution in [2.24, 2.45) is 0 Å². The zero-order valence-electron chi connectivity index (χ0n) is 9.17. The highest BCUT2D eigenvalue weighted by atomic mass is 79.9. The molecule has 1 rings (SSSR count). The molecule has 5 heteroatoms. The normalized spacial score (nSPS) is 11.1. The maximum atomic E-state index is 13.4. The fraction of sp³-hybridized carbons (Fsp3) is 0.250. The van der Waals surface area contributed by atoms with Crippen LogP contribution < -0.4 is 0 Å². The first-order valence-corrected chi connectivity index (χ1v) is 6.73. The van der Waals surface area contributed by atoms with Crippen LogP contribution in [0.3, 0.4) is 0 Å². The molecule has 1 nitrogen and oxygen atoms in total. The summed E-state index contributed by atoms with van der Waals surface area (Å²) in [5.41, 5.74) is -0.0546. The molecule has 0 aliphatic heterocycles. The Kier molecular flexibility index (Phi) is 5.85. The summed E-state index contributed by atoms with van der Waals surface area (Å²) in [7, 11) is 0. The van der Waals surface area contributed by atoms with Crippen LogP contribution in [0.4, 0.5) is 8.78 Å². The van der Waals surface area contributed by atoms with E-state index in [4.69, 9.17) is 0 Å². The number of halogens is 3. The topological polar surface area (TPSA) is 17.1 Å². The first kappa shape index (κ1) is 14.4. The molecule has 0 unspecified atom stereocenters. The predicted octanol–water partition coefficient (Wildman–Crippen LogP) is 4.41. The second kappa shape index (κ2) is 6.91. The van der Waals surface area contributed by atoms with Gasteiger partial charge in [0.2, 0.25) is 0 Å². The molecule has 1 aromatic carbocycles. The maximum Gasteiger partial charge on any atom is 0.185 e. The molecule has 0 aliphatic rings. The standard InChI is InChI=1S/C12H11BrF2OS/c1-8(16)17-5-3-2-4-10-11(14)6-9(13)7-12(10)15/h2,4,6-7H,3,5H2,1H3. The van der Waals surface area contributed by atoms with Crippen molar-refractivity contribution in [2.75, 3.05) is 5.75 Å². The number of carbonyl (C=O) groups excluding carboxylic acids is 1. The average Bonchev–Trinajstić information content (AvgIpc) is 2.20. The van der Waals surface area contributed by atoms with E-state index >= 15 is 0 Å². The highest BCUT2D eigenvalue weighted by Gasteiger charge is 2.06. The van der Waals surface area contributed by atoms with Crippen molar-refractivity contribution in [3.63, 3.8) is 0 Å². The van der Waals surface area contributed by atoms with E-state index in [-0.39, 0.29) is 10.7 Å². The van der Waals surface area contributed by atoms with E-state index in [0.29, 0.717) is 16.6 Å². The third-order valence-electron chi connectivity index (χ3n) is 1.92. The van der Waals surface area contributed by atoms with Crippen LogP contribution in [0.25, 0.3) is 6.08 Å². The molecule has 0 fully saturated rings. The molecule has 92 valence electrons. The van der Waals surface area contributed by atoms with E-state index in [9.17, 15) is 13.6 Å². The third-order valence-corrected chi connectivity index (χ3v) is 3.22. The quantitative estimate of drug-likeness (QED) is 0.764. The van der Waals surface area contributed by atoms with Gasteiger partial charge < -0.3 is 0 Å². The van der Waals surface area contributed by atoms with Crippen molar-refractivity contribution >= 4 is 38.9 Å². The van der Waals surface area contributed by atoms with E-state index in [1.165, 1.54) is 36.9 Å². The van der Waals surface area contributed by atoms with Crippen LogP contribution >= 0.6 is 27.7 Å². The van der Waals surface area contributed by atoms with Crippen LogP contribution in [0, 0.1) is 11.6 Å². The largest absolute Gasteiger partial charge is 0.288 e. The van der Waals surface area contributed by atoms with Gasteiger partial charge in [0.25, 0.3) is 0 Å². The Hall–Kier alpha value is -0.680. The molecular formula is C12H11BrF2OS. The van der Waals surface area contributed by atoms with E-state index in [1.807, 2.05) is 0 Å². The van der Waals surface area contributed by atoms with Crippen LogP contribution in [0.2, 0.25) is 0 Å². The average molecular weight is 321 g/mol. The van der Waals surface area contributed by atoms with Crippen LogP contribution in [0.15, 0.2) is 22.7 Å². The summed E-state index contributed by atoms with van der Waals surface area (Å²) < 4.78 is 27.1. The van der Waals surface area contributed by atoms with Gasteiger partial charge in [-0.05, 0) is 18.6 Å². The molecule has 0 saturated carbocycles. The predicted molar refractivity (Wildman–Crippen MR) is 70.8 cm³/mol. The Morgan fingerprint density at radius 1 is 1.41 bits per heavy atom. The van der Waals surface area contributed by atoms with Gasteiger partial charge in [-0.25, -0.2) is 8.78 Å². The van der Waals surface area contributed by atoms with Crippen LogP contribution in [-0.4, -0.2) is 10.9 Å². The Morgan fingerprint density at radius 3 is 2.53 bits per heavy atom. The lowest BCUT2D eigenvalue weighted by atomic mass is 10.2. The minimum atomic E-state index is -0.604. The second-order valence-electron chi connectivity index (χ2n) is 3.31. The van der Waals surface area contributed by atoms with Gasteiger partial charge in [-0.15, -0.1) is 0 Å². The molecule has 0 atom stereocenters. The van der Waals surface area contributed by atoms with Crippen molar-refractivity contribution in [2.45, 2.75) is 13.3 Å². The Morgan fingerprint density at radius 2 is 2.00 bits per heavy atom. The number of allylic oxidation sites excluding steroid dienone is 1. The van der Waals surface area contributed by atoms with Crippen LogP contribution in [-0.2, 0) is 4.79 Å². The van der Waals surface area contributed by atoms with Crippen molar-refractivity contribution < 1.29 is 13.6 Å². The Labute approximate surface area is 111 Å². The van der Waals surface area contributed by atoms with Crippen LogP contribution in [0.1, 0.15) is 18.9 Å². The van der Waals surface area contributed by atoms with E-state index < -0.39 is 11.6 Å². The first-order valence-electron chi connectivity index (χ1n) is 4.95. The summed E-state index contributed by atoms with van der Waals surface area (Å²) in [6, 6.07) is 2.43. The monoisotopic (exact) mass is 320 g/mol. The van der Waals surface area contributed by atoms with Gasteiger partial charge in [0.1, 0.15) is 11.6 Å². The van der Waals surface area contributed by atoms with E-state index in [2.05, 4.69) is 15.9 Å². The summed E-state index contributed by atoms with van der Waals surface area (Å²) in [5.74, 6) is -0.592.